The van der Waals surface area contributed by atoms with Gasteiger partial charge in [-0.3, -0.25) is 9.36 Å². The van der Waals surface area contributed by atoms with Crippen molar-refractivity contribution in [1.82, 2.24) is 19.5 Å². The highest BCUT2D eigenvalue weighted by atomic mass is 16.5. The van der Waals surface area contributed by atoms with Crippen molar-refractivity contribution >= 4 is 23.1 Å². The van der Waals surface area contributed by atoms with E-state index in [0.29, 0.717) is 17.6 Å². The smallest absolute Gasteiger partial charge is 0.309 e. The summed E-state index contributed by atoms with van der Waals surface area (Å²) in [5.41, 5.74) is 5.95. The Labute approximate surface area is 122 Å². The summed E-state index contributed by atoms with van der Waals surface area (Å²) in [6, 6.07) is 0. The summed E-state index contributed by atoms with van der Waals surface area (Å²) in [6.07, 6.45) is 3.33. The lowest BCUT2D eigenvalue weighted by Gasteiger charge is -2.23. The summed E-state index contributed by atoms with van der Waals surface area (Å²) in [4.78, 5) is 23.2. The van der Waals surface area contributed by atoms with E-state index < -0.39 is 11.4 Å². The van der Waals surface area contributed by atoms with Gasteiger partial charge in [0.25, 0.3) is 0 Å². The number of hydrogen-bond donors (Lipinski definition) is 2. The third kappa shape index (κ3) is 3.46. The number of nitrogens with zero attached hydrogens (tertiary/aromatic N) is 4. The largest absolute Gasteiger partial charge is 0.481 e. The highest BCUT2D eigenvalue weighted by Crippen LogP contribution is 2.24. The maximum Gasteiger partial charge on any atom is 0.309 e. The highest BCUT2D eigenvalue weighted by Gasteiger charge is 2.29. The minimum absolute atomic E-state index is 0.171. The van der Waals surface area contributed by atoms with Gasteiger partial charge in [0.1, 0.15) is 12.2 Å². The predicted octanol–water partition coefficient (Wildman–Crippen LogP) is 1.27. The van der Waals surface area contributed by atoms with Gasteiger partial charge in [0, 0.05) is 0 Å². The molecule has 0 saturated heterocycles. The van der Waals surface area contributed by atoms with Crippen molar-refractivity contribution in [1.29, 1.82) is 0 Å². The average Bonchev–Trinajstić information content (AvgIpc) is 2.78. The van der Waals surface area contributed by atoms with Crippen LogP contribution in [-0.4, -0.2) is 36.7 Å². The molecular formula is C13H19N5O3. The number of carboxylic acid groups (broad SMARTS) is 1. The lowest BCUT2D eigenvalue weighted by atomic mass is 9.87. The Balaban J connectivity index is 2.02. The van der Waals surface area contributed by atoms with Gasteiger partial charge in [-0.15, -0.1) is 0 Å². The molecule has 1 atom stereocenters. The van der Waals surface area contributed by atoms with Crippen LogP contribution in [0.1, 0.15) is 27.2 Å². The number of nitrogen functional groups attached to an aromatic ring is 1. The van der Waals surface area contributed by atoms with Crippen LogP contribution >= 0.6 is 0 Å². The van der Waals surface area contributed by atoms with Crippen molar-refractivity contribution in [3.63, 3.8) is 0 Å². The van der Waals surface area contributed by atoms with Gasteiger partial charge in [0.15, 0.2) is 5.65 Å². The van der Waals surface area contributed by atoms with Crippen molar-refractivity contribution in [3.05, 3.63) is 12.5 Å². The standard InChI is InChI=1S/C13H19N5O3/c1-8(4-13(2,3)11(19)20)21-7-18-6-16-9-5-15-12(14)17-10(9)18/h5-6,8H,4,7H2,1-3H3,(H,19,20)(H2,14,15,17). The number of aromatic nitrogens is 4. The van der Waals surface area contributed by atoms with Gasteiger partial charge in [-0.1, -0.05) is 0 Å². The summed E-state index contributed by atoms with van der Waals surface area (Å²) < 4.78 is 7.38. The second-order valence-electron chi connectivity index (χ2n) is 5.65. The van der Waals surface area contributed by atoms with Gasteiger partial charge < -0.3 is 15.6 Å². The number of ether oxygens (including phenoxy) is 1. The van der Waals surface area contributed by atoms with E-state index in [9.17, 15) is 4.79 Å². The average molecular weight is 293 g/mol. The second kappa shape index (κ2) is 5.65. The van der Waals surface area contributed by atoms with E-state index in [1.807, 2.05) is 6.92 Å². The van der Waals surface area contributed by atoms with Gasteiger partial charge in [-0.25, -0.2) is 9.97 Å². The molecule has 0 aliphatic carbocycles. The predicted molar refractivity (Wildman–Crippen MR) is 76.3 cm³/mol. The fourth-order valence-corrected chi connectivity index (χ4v) is 2.04. The van der Waals surface area contributed by atoms with E-state index >= 15 is 0 Å². The van der Waals surface area contributed by atoms with Gasteiger partial charge in [-0.2, -0.15) is 4.98 Å². The monoisotopic (exact) mass is 293 g/mol. The molecular weight excluding hydrogens is 274 g/mol. The molecule has 0 saturated carbocycles. The summed E-state index contributed by atoms with van der Waals surface area (Å²) in [5, 5.41) is 9.11. The zero-order chi connectivity index (χ0) is 15.6. The molecule has 0 aliphatic heterocycles. The first-order valence-electron chi connectivity index (χ1n) is 6.58. The summed E-state index contributed by atoms with van der Waals surface area (Å²) in [6.45, 7) is 5.42. The van der Waals surface area contributed by atoms with Crippen LogP contribution in [0.3, 0.4) is 0 Å². The number of aliphatic carboxylic acids is 1. The molecule has 0 aromatic carbocycles. The van der Waals surface area contributed by atoms with Gasteiger partial charge in [0.2, 0.25) is 5.95 Å². The third-order valence-electron chi connectivity index (χ3n) is 3.25. The number of imidazole rings is 1. The molecule has 8 nitrogen and oxygen atoms in total. The molecule has 2 heterocycles. The van der Waals surface area contributed by atoms with Crippen molar-refractivity contribution < 1.29 is 14.6 Å². The number of nitrogens with two attached hydrogens (primary N) is 1. The minimum atomic E-state index is -0.841. The Hall–Kier alpha value is -2.22. The van der Waals surface area contributed by atoms with Crippen molar-refractivity contribution in [2.75, 3.05) is 5.73 Å². The van der Waals surface area contributed by atoms with Crippen molar-refractivity contribution in [3.8, 4) is 0 Å². The number of rotatable bonds is 6. The molecule has 0 fully saturated rings. The van der Waals surface area contributed by atoms with Crippen LogP contribution in [0.2, 0.25) is 0 Å². The molecule has 2 aromatic rings. The zero-order valence-corrected chi connectivity index (χ0v) is 12.3. The fourth-order valence-electron chi connectivity index (χ4n) is 2.04. The summed E-state index contributed by atoms with van der Waals surface area (Å²) in [7, 11) is 0. The molecule has 0 amide bonds. The Morgan fingerprint density at radius 2 is 2.24 bits per heavy atom. The number of anilines is 1. The maximum absolute atomic E-state index is 11.1. The van der Waals surface area contributed by atoms with Crippen molar-refractivity contribution in [2.24, 2.45) is 5.41 Å². The number of carboxylic acids is 1. The Morgan fingerprint density at radius 3 is 2.90 bits per heavy atom. The zero-order valence-electron chi connectivity index (χ0n) is 12.3. The molecule has 0 aliphatic rings. The Morgan fingerprint density at radius 1 is 1.52 bits per heavy atom. The Kier molecular flexibility index (Phi) is 4.08. The molecule has 2 rings (SSSR count). The number of fused-ring (bicyclic) bond motifs is 1. The van der Waals surface area contributed by atoms with E-state index in [-0.39, 0.29) is 18.8 Å². The minimum Gasteiger partial charge on any atom is -0.481 e. The van der Waals surface area contributed by atoms with E-state index in [1.165, 1.54) is 0 Å². The first kappa shape index (κ1) is 15.2. The molecule has 1 unspecified atom stereocenters. The van der Waals surface area contributed by atoms with Crippen LogP contribution in [0.25, 0.3) is 11.2 Å². The normalized spacial score (nSPS) is 13.5. The second-order valence-corrected chi connectivity index (χ2v) is 5.65. The SMILES string of the molecule is CC(CC(C)(C)C(=O)O)OCn1cnc2cnc(N)nc21. The maximum atomic E-state index is 11.1. The van der Waals surface area contributed by atoms with Crippen LogP contribution in [0.15, 0.2) is 12.5 Å². The quantitative estimate of drug-likeness (QED) is 0.823. The summed E-state index contributed by atoms with van der Waals surface area (Å²) >= 11 is 0. The van der Waals surface area contributed by atoms with E-state index in [4.69, 9.17) is 15.6 Å². The van der Waals surface area contributed by atoms with E-state index in [2.05, 4.69) is 15.0 Å². The van der Waals surface area contributed by atoms with E-state index in [1.54, 1.807) is 30.9 Å². The first-order chi connectivity index (χ1) is 9.79. The van der Waals surface area contributed by atoms with Crippen LogP contribution in [-0.2, 0) is 16.3 Å². The third-order valence-corrected chi connectivity index (χ3v) is 3.25. The van der Waals surface area contributed by atoms with Crippen LogP contribution < -0.4 is 5.73 Å². The lowest BCUT2D eigenvalue weighted by Crippen LogP contribution is -2.29. The molecule has 8 heteroatoms. The van der Waals surface area contributed by atoms with E-state index in [0.717, 1.165) is 0 Å². The Bertz CT molecular complexity index is 652. The molecule has 0 spiro atoms. The van der Waals surface area contributed by atoms with Crippen LogP contribution in [0.5, 0.6) is 0 Å². The molecule has 0 radical (unpaired) electrons. The molecule has 21 heavy (non-hydrogen) atoms. The molecule has 114 valence electrons. The number of hydrogen-bond acceptors (Lipinski definition) is 6. The molecule has 0 bridgehead atoms. The summed E-state index contributed by atoms with van der Waals surface area (Å²) in [5.74, 6) is -0.671. The fraction of sp³-hybridized carbons (Fsp3) is 0.538. The van der Waals surface area contributed by atoms with Crippen LogP contribution in [0.4, 0.5) is 5.95 Å². The van der Waals surface area contributed by atoms with Gasteiger partial charge in [-0.05, 0) is 27.2 Å². The molecule has 3 N–H and O–H groups in total. The van der Waals surface area contributed by atoms with Crippen molar-refractivity contribution in [2.45, 2.75) is 40.0 Å². The topological polar surface area (TPSA) is 116 Å². The number of carbonyl (C=O) groups is 1. The lowest BCUT2D eigenvalue weighted by molar-refractivity contribution is -0.149. The first-order valence-corrected chi connectivity index (χ1v) is 6.58. The molecule has 2 aromatic heterocycles. The van der Waals surface area contributed by atoms with Gasteiger partial charge in [0.05, 0.1) is 24.0 Å². The van der Waals surface area contributed by atoms with Gasteiger partial charge >= 0.3 is 5.97 Å². The van der Waals surface area contributed by atoms with Crippen LogP contribution in [0, 0.1) is 5.41 Å². The highest BCUT2D eigenvalue weighted by molar-refractivity contribution is 5.73.